The van der Waals surface area contributed by atoms with Gasteiger partial charge in [0.05, 0.1) is 26.0 Å². The molecule has 8 nitrogen and oxygen atoms in total. The van der Waals surface area contributed by atoms with Crippen LogP contribution in [0.2, 0.25) is 0 Å². The number of aliphatic carboxylic acids is 1. The van der Waals surface area contributed by atoms with Gasteiger partial charge in [-0.2, -0.15) is 5.10 Å². The van der Waals surface area contributed by atoms with Crippen molar-refractivity contribution >= 4 is 18.1 Å². The minimum absolute atomic E-state index is 0.176. The zero-order chi connectivity index (χ0) is 16.5. The van der Waals surface area contributed by atoms with Crippen LogP contribution in [0.5, 0.6) is 5.75 Å². The number of nitrogens with one attached hydrogen (secondary N) is 1. The van der Waals surface area contributed by atoms with Crippen LogP contribution in [-0.2, 0) is 14.3 Å². The lowest BCUT2D eigenvalue weighted by Gasteiger charge is -2.25. The van der Waals surface area contributed by atoms with Crippen LogP contribution >= 0.6 is 0 Å². The fraction of sp³-hybridized carbons (Fsp3) is 0.400. The molecular formula is C15H19N3O5. The van der Waals surface area contributed by atoms with E-state index in [9.17, 15) is 9.59 Å². The minimum Gasteiger partial charge on any atom is -0.482 e. The van der Waals surface area contributed by atoms with Crippen molar-refractivity contribution in [3.05, 3.63) is 29.8 Å². The predicted octanol–water partition coefficient (Wildman–Crippen LogP) is -0.0677. The van der Waals surface area contributed by atoms with E-state index in [-0.39, 0.29) is 12.5 Å². The number of carboxylic acids is 1. The van der Waals surface area contributed by atoms with Crippen LogP contribution in [0.3, 0.4) is 0 Å². The molecule has 1 aliphatic heterocycles. The molecule has 0 atom stereocenters. The molecule has 0 aliphatic carbocycles. The highest BCUT2D eigenvalue weighted by molar-refractivity contribution is 5.83. The number of ether oxygens (including phenoxy) is 2. The summed E-state index contributed by atoms with van der Waals surface area (Å²) in [5.74, 6) is -0.746. The summed E-state index contributed by atoms with van der Waals surface area (Å²) in [5.41, 5.74) is 3.24. The number of carboxylic acid groups (broad SMARTS) is 1. The molecule has 0 aromatic heterocycles. The van der Waals surface area contributed by atoms with E-state index < -0.39 is 5.97 Å². The Bertz CT molecular complexity index is 553. The maximum absolute atomic E-state index is 11.7. The molecule has 1 aliphatic rings. The number of morpholine rings is 1. The van der Waals surface area contributed by atoms with Gasteiger partial charge in [0, 0.05) is 13.1 Å². The molecule has 0 saturated carbocycles. The molecule has 23 heavy (non-hydrogen) atoms. The molecule has 1 saturated heterocycles. The molecule has 0 spiro atoms. The summed E-state index contributed by atoms with van der Waals surface area (Å²) in [5, 5.41) is 12.4. The first-order valence-electron chi connectivity index (χ1n) is 7.20. The lowest BCUT2D eigenvalue weighted by atomic mass is 10.2. The standard InChI is InChI=1S/C15H19N3O5/c19-14(10-18-5-7-22-8-6-18)17-16-9-12-1-3-13(4-2-12)23-11-15(20)21/h1-4,9H,5-8,10-11H2,(H,17,19)(H,20,21)/b16-9+. The van der Waals surface area contributed by atoms with Crippen LogP contribution < -0.4 is 10.2 Å². The summed E-state index contributed by atoms with van der Waals surface area (Å²) >= 11 is 0. The van der Waals surface area contributed by atoms with Crippen LogP contribution in [0.4, 0.5) is 0 Å². The highest BCUT2D eigenvalue weighted by Crippen LogP contribution is 2.10. The molecular weight excluding hydrogens is 302 g/mol. The Labute approximate surface area is 133 Å². The van der Waals surface area contributed by atoms with Crippen LogP contribution in [-0.4, -0.2) is 67.6 Å². The lowest BCUT2D eigenvalue weighted by molar-refractivity contribution is -0.139. The van der Waals surface area contributed by atoms with Crippen molar-refractivity contribution in [2.24, 2.45) is 5.10 Å². The second-order valence-corrected chi connectivity index (χ2v) is 4.93. The van der Waals surface area contributed by atoms with Crippen LogP contribution in [0.25, 0.3) is 0 Å². The van der Waals surface area contributed by atoms with Crippen LogP contribution in [0.15, 0.2) is 29.4 Å². The predicted molar refractivity (Wildman–Crippen MR) is 82.6 cm³/mol. The number of rotatable bonds is 7. The monoisotopic (exact) mass is 321 g/mol. The molecule has 2 rings (SSSR count). The van der Waals surface area contributed by atoms with E-state index >= 15 is 0 Å². The molecule has 0 bridgehead atoms. The van der Waals surface area contributed by atoms with Crippen molar-refractivity contribution in [1.82, 2.24) is 10.3 Å². The molecule has 1 amide bonds. The number of hydrogen-bond acceptors (Lipinski definition) is 6. The number of carbonyl (C=O) groups is 2. The third kappa shape index (κ3) is 6.45. The number of hydrazone groups is 1. The second kappa shape index (κ2) is 8.86. The van der Waals surface area contributed by atoms with Crippen molar-refractivity contribution < 1.29 is 24.2 Å². The molecule has 0 unspecified atom stereocenters. The minimum atomic E-state index is -1.03. The van der Waals surface area contributed by atoms with Crippen LogP contribution in [0.1, 0.15) is 5.56 Å². The SMILES string of the molecule is O=C(O)COc1ccc(/C=N/NC(=O)CN2CCOCC2)cc1. The summed E-state index contributed by atoms with van der Waals surface area (Å²) in [6.45, 7) is 2.69. The first kappa shape index (κ1) is 16.9. The van der Waals surface area contributed by atoms with Crippen molar-refractivity contribution in [3.63, 3.8) is 0 Å². The van der Waals surface area contributed by atoms with E-state index in [0.717, 1.165) is 18.7 Å². The molecule has 2 N–H and O–H groups in total. The van der Waals surface area contributed by atoms with E-state index in [1.54, 1.807) is 24.3 Å². The van der Waals surface area contributed by atoms with Gasteiger partial charge in [-0.15, -0.1) is 0 Å². The normalized spacial score (nSPS) is 15.5. The summed E-state index contributed by atoms with van der Waals surface area (Å²) < 4.78 is 10.2. The highest BCUT2D eigenvalue weighted by atomic mass is 16.5. The van der Waals surface area contributed by atoms with Gasteiger partial charge in [0.2, 0.25) is 0 Å². The van der Waals surface area contributed by atoms with Gasteiger partial charge >= 0.3 is 5.97 Å². The van der Waals surface area contributed by atoms with E-state index in [1.807, 2.05) is 4.90 Å². The number of benzene rings is 1. The maximum Gasteiger partial charge on any atom is 0.341 e. The lowest BCUT2D eigenvalue weighted by Crippen LogP contribution is -2.42. The van der Waals surface area contributed by atoms with Gasteiger partial charge in [0.1, 0.15) is 5.75 Å². The number of amides is 1. The van der Waals surface area contributed by atoms with Crippen LogP contribution in [0, 0.1) is 0 Å². The Morgan fingerprint density at radius 1 is 1.30 bits per heavy atom. The van der Waals surface area contributed by atoms with Gasteiger partial charge in [0.15, 0.2) is 6.61 Å². The maximum atomic E-state index is 11.7. The summed E-state index contributed by atoms with van der Waals surface area (Å²) in [6.07, 6.45) is 1.51. The van der Waals surface area contributed by atoms with Gasteiger partial charge in [-0.05, 0) is 29.8 Å². The van der Waals surface area contributed by atoms with Gasteiger partial charge in [-0.25, -0.2) is 10.2 Å². The molecule has 1 aromatic rings. The van der Waals surface area contributed by atoms with E-state index in [1.165, 1.54) is 6.21 Å². The molecule has 0 radical (unpaired) electrons. The molecule has 1 heterocycles. The molecule has 124 valence electrons. The Balaban J connectivity index is 1.73. The van der Waals surface area contributed by atoms with E-state index in [4.69, 9.17) is 14.6 Å². The quantitative estimate of drug-likeness (QED) is 0.539. The van der Waals surface area contributed by atoms with E-state index in [2.05, 4.69) is 10.5 Å². The molecule has 1 aromatic carbocycles. The van der Waals surface area contributed by atoms with Crippen molar-refractivity contribution in [2.45, 2.75) is 0 Å². The Morgan fingerprint density at radius 2 is 2.00 bits per heavy atom. The fourth-order valence-corrected chi connectivity index (χ4v) is 1.97. The van der Waals surface area contributed by atoms with Gasteiger partial charge in [-0.3, -0.25) is 9.69 Å². The molecule has 1 fully saturated rings. The van der Waals surface area contributed by atoms with Crippen molar-refractivity contribution in [3.8, 4) is 5.75 Å². The number of nitrogens with zero attached hydrogens (tertiary/aromatic N) is 2. The third-order valence-corrected chi connectivity index (χ3v) is 3.12. The third-order valence-electron chi connectivity index (χ3n) is 3.12. The summed E-state index contributed by atoms with van der Waals surface area (Å²) in [4.78, 5) is 24.1. The van der Waals surface area contributed by atoms with E-state index in [0.29, 0.717) is 25.5 Å². The van der Waals surface area contributed by atoms with Gasteiger partial charge in [0.25, 0.3) is 5.91 Å². The zero-order valence-electron chi connectivity index (χ0n) is 12.6. The smallest absolute Gasteiger partial charge is 0.341 e. The number of carbonyl (C=O) groups excluding carboxylic acids is 1. The van der Waals surface area contributed by atoms with Crippen molar-refractivity contribution in [2.75, 3.05) is 39.5 Å². The number of hydrogen-bond donors (Lipinski definition) is 2. The van der Waals surface area contributed by atoms with Crippen molar-refractivity contribution in [1.29, 1.82) is 0 Å². The Morgan fingerprint density at radius 3 is 2.65 bits per heavy atom. The zero-order valence-corrected chi connectivity index (χ0v) is 12.6. The molecule has 8 heteroatoms. The Kier molecular flexibility index (Phi) is 6.52. The average Bonchev–Trinajstić information content (AvgIpc) is 2.55. The Hall–Kier alpha value is -2.45. The largest absolute Gasteiger partial charge is 0.482 e. The second-order valence-electron chi connectivity index (χ2n) is 4.93. The first-order valence-corrected chi connectivity index (χ1v) is 7.20. The summed E-state index contributed by atoms with van der Waals surface area (Å²) in [7, 11) is 0. The first-order chi connectivity index (χ1) is 11.1. The van der Waals surface area contributed by atoms with Gasteiger partial charge < -0.3 is 14.6 Å². The average molecular weight is 321 g/mol. The summed E-state index contributed by atoms with van der Waals surface area (Å²) in [6, 6.07) is 6.71. The topological polar surface area (TPSA) is 100 Å². The van der Waals surface area contributed by atoms with Gasteiger partial charge in [-0.1, -0.05) is 0 Å². The highest BCUT2D eigenvalue weighted by Gasteiger charge is 2.13. The fourth-order valence-electron chi connectivity index (χ4n) is 1.97.